The molecule has 1 amide bonds. The van der Waals surface area contributed by atoms with Crippen LogP contribution in [0.2, 0.25) is 0 Å². The maximum atomic E-state index is 13.5. The van der Waals surface area contributed by atoms with Crippen LogP contribution in [-0.4, -0.2) is 48.2 Å². The third-order valence-corrected chi connectivity index (χ3v) is 8.27. The van der Waals surface area contributed by atoms with E-state index < -0.39 is 0 Å². The van der Waals surface area contributed by atoms with E-state index in [0.717, 1.165) is 25.1 Å². The van der Waals surface area contributed by atoms with Crippen molar-refractivity contribution >= 4 is 11.9 Å². The van der Waals surface area contributed by atoms with E-state index in [1.807, 2.05) is 12.1 Å². The van der Waals surface area contributed by atoms with Gasteiger partial charge in [-0.25, -0.2) is 9.97 Å². The Hall–Kier alpha value is -2.98. The zero-order valence-corrected chi connectivity index (χ0v) is 19.5. The molecule has 6 rings (SSSR count). The number of hydrogen-bond acceptors (Lipinski definition) is 6. The second kappa shape index (κ2) is 8.42. The van der Waals surface area contributed by atoms with Crippen LogP contribution in [0.1, 0.15) is 49.5 Å². The molecule has 4 atom stereocenters. The number of carbonyl (C=O) groups excluding carboxylic acids is 1. The largest absolute Gasteiger partial charge is 0.378 e. The molecule has 1 N–H and O–H groups in total. The van der Waals surface area contributed by atoms with Gasteiger partial charge in [0.25, 0.3) is 5.91 Å². The van der Waals surface area contributed by atoms with Gasteiger partial charge < -0.3 is 15.0 Å². The average molecular weight is 446 g/mol. The molecule has 7 heteroatoms. The monoisotopic (exact) mass is 445 g/mol. The van der Waals surface area contributed by atoms with E-state index in [0.29, 0.717) is 59.2 Å². The van der Waals surface area contributed by atoms with E-state index in [1.54, 1.807) is 18.3 Å². The Labute approximate surface area is 195 Å². The smallest absolute Gasteiger partial charge is 0.255 e. The number of fused-ring (bicyclic) bond motifs is 2. The minimum absolute atomic E-state index is 0.126. The second-order valence-corrected chi connectivity index (χ2v) is 10.3. The summed E-state index contributed by atoms with van der Waals surface area (Å²) >= 11 is 0. The van der Waals surface area contributed by atoms with Crippen molar-refractivity contribution in [3.05, 3.63) is 41.6 Å². The molecule has 2 aromatic rings. The summed E-state index contributed by atoms with van der Waals surface area (Å²) in [5.74, 6) is 2.24. The van der Waals surface area contributed by atoms with Gasteiger partial charge in [-0.15, -0.1) is 0 Å². The molecule has 1 aromatic heterocycles. The van der Waals surface area contributed by atoms with Crippen LogP contribution in [-0.2, 0) is 4.74 Å². The Morgan fingerprint density at radius 3 is 2.58 bits per heavy atom. The first-order chi connectivity index (χ1) is 15.9. The summed E-state index contributed by atoms with van der Waals surface area (Å²) in [6.07, 6.45) is 3.95. The summed E-state index contributed by atoms with van der Waals surface area (Å²) < 4.78 is 5.45. The molecular formula is C26H31N5O2. The molecule has 2 heterocycles. The van der Waals surface area contributed by atoms with Crippen molar-refractivity contribution < 1.29 is 9.53 Å². The quantitative estimate of drug-likeness (QED) is 0.772. The number of morpholine rings is 1. The van der Waals surface area contributed by atoms with E-state index in [9.17, 15) is 4.79 Å². The van der Waals surface area contributed by atoms with E-state index in [-0.39, 0.29) is 11.9 Å². The summed E-state index contributed by atoms with van der Waals surface area (Å²) in [5, 5.41) is 12.5. The van der Waals surface area contributed by atoms with E-state index in [1.165, 1.54) is 6.42 Å². The zero-order valence-electron chi connectivity index (χ0n) is 19.5. The highest BCUT2D eigenvalue weighted by Crippen LogP contribution is 2.61. The van der Waals surface area contributed by atoms with Crippen molar-refractivity contribution in [1.29, 1.82) is 5.26 Å². The van der Waals surface area contributed by atoms with Crippen LogP contribution in [0.3, 0.4) is 0 Å². The van der Waals surface area contributed by atoms with Gasteiger partial charge in [0.2, 0.25) is 5.95 Å². The fourth-order valence-corrected chi connectivity index (χ4v) is 5.96. The van der Waals surface area contributed by atoms with E-state index in [2.05, 4.69) is 42.0 Å². The number of benzene rings is 1. The number of nitrogens with one attached hydrogen (secondary N) is 1. The van der Waals surface area contributed by atoms with Crippen molar-refractivity contribution in [2.75, 3.05) is 31.2 Å². The Morgan fingerprint density at radius 1 is 1.21 bits per heavy atom. The van der Waals surface area contributed by atoms with Crippen LogP contribution in [0.15, 0.2) is 30.5 Å². The summed E-state index contributed by atoms with van der Waals surface area (Å²) in [4.78, 5) is 24.9. The van der Waals surface area contributed by atoms with E-state index >= 15 is 0 Å². The van der Waals surface area contributed by atoms with Crippen molar-refractivity contribution in [1.82, 2.24) is 15.3 Å². The Kier molecular flexibility index (Phi) is 5.57. The number of nitriles is 1. The lowest BCUT2D eigenvalue weighted by Gasteiger charge is -2.62. The van der Waals surface area contributed by atoms with Gasteiger partial charge in [-0.1, -0.05) is 32.9 Å². The van der Waals surface area contributed by atoms with Crippen molar-refractivity contribution in [3.63, 3.8) is 0 Å². The predicted octanol–water partition coefficient (Wildman–Crippen LogP) is 3.65. The van der Waals surface area contributed by atoms with Gasteiger partial charge in [0.1, 0.15) is 0 Å². The average Bonchev–Trinajstić information content (AvgIpc) is 2.85. The van der Waals surface area contributed by atoms with Gasteiger partial charge >= 0.3 is 0 Å². The fraction of sp³-hybridized carbons (Fsp3) is 0.538. The molecule has 4 unspecified atom stereocenters. The number of carbonyl (C=O) groups is 1. The van der Waals surface area contributed by atoms with Crippen LogP contribution in [0.25, 0.3) is 11.3 Å². The number of hydrogen-bond donors (Lipinski definition) is 1. The van der Waals surface area contributed by atoms with E-state index in [4.69, 9.17) is 15.0 Å². The molecular weight excluding hydrogens is 414 g/mol. The number of anilines is 1. The summed E-state index contributed by atoms with van der Waals surface area (Å²) in [5.41, 5.74) is 2.82. The molecule has 1 aliphatic heterocycles. The molecule has 2 bridgehead atoms. The molecule has 7 nitrogen and oxygen atoms in total. The molecule has 172 valence electrons. The highest BCUT2D eigenvalue weighted by atomic mass is 16.5. The molecule has 3 saturated carbocycles. The highest BCUT2D eigenvalue weighted by Gasteiger charge is 2.56. The first-order valence-electron chi connectivity index (χ1n) is 11.9. The summed E-state index contributed by atoms with van der Waals surface area (Å²) in [6, 6.07) is 9.52. The topological polar surface area (TPSA) is 91.1 Å². The molecule has 33 heavy (non-hydrogen) atoms. The van der Waals surface area contributed by atoms with Crippen LogP contribution < -0.4 is 10.2 Å². The van der Waals surface area contributed by atoms with Crippen LogP contribution in [0, 0.1) is 34.5 Å². The van der Waals surface area contributed by atoms with Gasteiger partial charge in [-0.2, -0.15) is 5.26 Å². The van der Waals surface area contributed by atoms with Gasteiger partial charge in [0.05, 0.1) is 36.1 Å². The van der Waals surface area contributed by atoms with Gasteiger partial charge in [0.15, 0.2) is 0 Å². The van der Waals surface area contributed by atoms with Crippen LogP contribution in [0.5, 0.6) is 0 Å². The van der Waals surface area contributed by atoms with Crippen LogP contribution >= 0.6 is 0 Å². The van der Waals surface area contributed by atoms with Crippen molar-refractivity contribution in [3.8, 4) is 17.3 Å². The van der Waals surface area contributed by atoms with Gasteiger partial charge in [-0.05, 0) is 48.1 Å². The molecule has 4 fully saturated rings. The lowest BCUT2D eigenvalue weighted by atomic mass is 9.45. The molecule has 1 saturated heterocycles. The fourth-order valence-electron chi connectivity index (χ4n) is 5.96. The minimum Gasteiger partial charge on any atom is -0.378 e. The number of aromatic nitrogens is 2. The number of rotatable bonds is 4. The second-order valence-electron chi connectivity index (χ2n) is 10.3. The van der Waals surface area contributed by atoms with Gasteiger partial charge in [-0.3, -0.25) is 4.79 Å². The lowest BCUT2D eigenvalue weighted by Crippen LogP contribution is -2.60. The normalized spacial score (nSPS) is 27.9. The van der Waals surface area contributed by atoms with Crippen LogP contribution in [0.4, 0.5) is 5.95 Å². The highest BCUT2D eigenvalue weighted by molar-refractivity contribution is 6.00. The molecule has 4 aliphatic rings. The maximum absolute atomic E-state index is 13.5. The Morgan fingerprint density at radius 2 is 1.94 bits per heavy atom. The number of nitrogens with zero attached hydrogens (tertiary/aromatic N) is 4. The summed E-state index contributed by atoms with van der Waals surface area (Å²) in [7, 11) is 0. The third-order valence-electron chi connectivity index (χ3n) is 8.27. The number of amides is 1. The lowest BCUT2D eigenvalue weighted by molar-refractivity contribution is -0.113. The maximum Gasteiger partial charge on any atom is 0.255 e. The first-order valence-corrected chi connectivity index (χ1v) is 11.9. The predicted molar refractivity (Wildman–Crippen MR) is 126 cm³/mol. The molecule has 0 spiro atoms. The SMILES string of the molecule is CC1C(NC(=O)c2cnc(N3CCOCC3)nc2-c2ccc(C#N)cc2)CC2CC1C2(C)C. The Balaban J connectivity index is 1.44. The zero-order chi connectivity index (χ0) is 23.2. The van der Waals surface area contributed by atoms with Crippen molar-refractivity contribution in [2.45, 2.75) is 39.7 Å². The minimum atomic E-state index is -0.126. The Bertz CT molecular complexity index is 1080. The molecule has 3 aliphatic carbocycles. The molecule has 1 aromatic carbocycles. The summed E-state index contributed by atoms with van der Waals surface area (Å²) in [6.45, 7) is 9.70. The number of ether oxygens (including phenoxy) is 1. The molecule has 0 radical (unpaired) electrons. The van der Waals surface area contributed by atoms with Crippen molar-refractivity contribution in [2.24, 2.45) is 23.2 Å². The first kappa shape index (κ1) is 21.8. The standard InChI is InChI=1S/C26H31N5O2/c1-16-21-12-19(26(21,2)3)13-22(16)29-24(32)20-15-28-25(31-8-10-33-11-9-31)30-23(20)18-6-4-17(14-27)5-7-18/h4-7,15-16,19,21-22H,8-13H2,1-3H3,(H,29,32). The third kappa shape index (κ3) is 3.87. The van der Waals surface area contributed by atoms with Gasteiger partial charge in [0, 0.05) is 30.9 Å².